The fourth-order valence-corrected chi connectivity index (χ4v) is 2.66. The highest BCUT2D eigenvalue weighted by Gasteiger charge is 2.20. The number of carbonyl (C=O) groups excluding carboxylic acids is 1. The van der Waals surface area contributed by atoms with E-state index < -0.39 is 10.8 Å². The summed E-state index contributed by atoms with van der Waals surface area (Å²) >= 11 is 5.84. The number of amides is 1. The number of rotatable bonds is 4. The molecule has 0 aromatic carbocycles. The summed E-state index contributed by atoms with van der Waals surface area (Å²) in [6, 6.07) is 1.15. The molecule has 21 heavy (non-hydrogen) atoms. The van der Waals surface area contributed by atoms with E-state index >= 15 is 0 Å². The minimum Gasteiger partial charge on any atom is -0.352 e. The normalized spacial score (nSPS) is 19.2. The number of pyridine rings is 1. The Morgan fingerprint density at radius 1 is 1.67 bits per heavy atom. The summed E-state index contributed by atoms with van der Waals surface area (Å²) in [5, 5.41) is 13.5. The van der Waals surface area contributed by atoms with Crippen molar-refractivity contribution in [1.82, 2.24) is 15.2 Å². The number of halogens is 1. The van der Waals surface area contributed by atoms with Crippen LogP contribution in [-0.2, 0) is 0 Å². The lowest BCUT2D eigenvalue weighted by molar-refractivity contribution is -0.385. The van der Waals surface area contributed by atoms with E-state index in [0.29, 0.717) is 12.5 Å². The van der Waals surface area contributed by atoms with Gasteiger partial charge in [-0.3, -0.25) is 14.9 Å². The van der Waals surface area contributed by atoms with Gasteiger partial charge in [-0.05, 0) is 32.4 Å². The van der Waals surface area contributed by atoms with Crippen LogP contribution in [0.15, 0.2) is 12.3 Å². The Bertz CT molecular complexity index is 552. The molecule has 1 amide bonds. The third-order valence-electron chi connectivity index (χ3n) is 3.55. The Hall–Kier alpha value is -1.73. The van der Waals surface area contributed by atoms with Gasteiger partial charge in [0, 0.05) is 19.2 Å². The molecule has 1 aliphatic heterocycles. The summed E-state index contributed by atoms with van der Waals surface area (Å²) in [5.41, 5.74) is -0.211. The molecule has 1 saturated heterocycles. The van der Waals surface area contributed by atoms with E-state index in [4.69, 9.17) is 11.6 Å². The van der Waals surface area contributed by atoms with Gasteiger partial charge in [-0.1, -0.05) is 11.6 Å². The van der Waals surface area contributed by atoms with Crippen molar-refractivity contribution in [3.63, 3.8) is 0 Å². The molecule has 7 nitrogen and oxygen atoms in total. The highest BCUT2D eigenvalue weighted by Crippen LogP contribution is 2.19. The van der Waals surface area contributed by atoms with Crippen molar-refractivity contribution < 1.29 is 9.72 Å². The van der Waals surface area contributed by atoms with Gasteiger partial charge in [0.05, 0.1) is 10.5 Å². The largest absolute Gasteiger partial charge is 0.352 e. The van der Waals surface area contributed by atoms with E-state index in [1.165, 1.54) is 0 Å². The second-order valence-corrected chi connectivity index (χ2v) is 5.63. The maximum atomic E-state index is 12.1. The van der Waals surface area contributed by atoms with Gasteiger partial charge < -0.3 is 10.2 Å². The van der Waals surface area contributed by atoms with Crippen LogP contribution >= 0.6 is 11.6 Å². The standard InChI is InChI=1S/C13H17ClN4O3/c1-17-4-2-3-9(8-17)6-16-13(19)11-5-10(18(20)21)7-15-12(11)14/h5,7,9H,2-4,6,8H2,1H3,(H,16,19). The summed E-state index contributed by atoms with van der Waals surface area (Å²) in [6.45, 7) is 2.54. The van der Waals surface area contributed by atoms with Crippen LogP contribution in [0.2, 0.25) is 5.15 Å². The molecular formula is C13H17ClN4O3. The summed E-state index contributed by atoms with van der Waals surface area (Å²) in [6.07, 6.45) is 3.21. The smallest absolute Gasteiger partial charge is 0.288 e. The Morgan fingerprint density at radius 2 is 2.43 bits per heavy atom. The fraction of sp³-hybridized carbons (Fsp3) is 0.538. The van der Waals surface area contributed by atoms with E-state index in [-0.39, 0.29) is 16.4 Å². The first kappa shape index (κ1) is 15.7. The summed E-state index contributed by atoms with van der Waals surface area (Å²) in [4.78, 5) is 28.1. The van der Waals surface area contributed by atoms with Gasteiger partial charge in [-0.15, -0.1) is 0 Å². The molecule has 1 N–H and O–H groups in total. The third kappa shape index (κ3) is 4.12. The van der Waals surface area contributed by atoms with E-state index in [1.54, 1.807) is 0 Å². The average molecular weight is 313 g/mol. The minimum absolute atomic E-state index is 0.0288. The second kappa shape index (κ2) is 6.82. The number of carbonyl (C=O) groups is 1. The van der Waals surface area contributed by atoms with Gasteiger partial charge in [0.2, 0.25) is 0 Å². The highest BCUT2D eigenvalue weighted by atomic mass is 35.5. The number of likely N-dealkylation sites (tertiary alicyclic amines) is 1. The predicted octanol–water partition coefficient (Wildman–Crippen LogP) is 1.71. The molecule has 0 spiro atoms. The summed E-state index contributed by atoms with van der Waals surface area (Å²) in [5.74, 6) is -0.0393. The van der Waals surface area contributed by atoms with Crippen molar-refractivity contribution in [2.75, 3.05) is 26.7 Å². The molecule has 2 heterocycles. The van der Waals surface area contributed by atoms with Gasteiger partial charge in [0.15, 0.2) is 0 Å². The van der Waals surface area contributed by atoms with E-state index in [9.17, 15) is 14.9 Å². The number of nitrogens with zero attached hydrogens (tertiary/aromatic N) is 3. The van der Waals surface area contributed by atoms with Gasteiger partial charge >= 0.3 is 0 Å². The molecule has 1 fully saturated rings. The lowest BCUT2D eigenvalue weighted by atomic mass is 9.98. The van der Waals surface area contributed by atoms with Crippen LogP contribution in [0.5, 0.6) is 0 Å². The zero-order chi connectivity index (χ0) is 15.4. The SMILES string of the molecule is CN1CCCC(CNC(=O)c2cc([N+](=O)[O-])cnc2Cl)C1. The number of nitro groups is 1. The molecule has 0 aliphatic carbocycles. The average Bonchev–Trinajstić information content (AvgIpc) is 2.45. The number of aromatic nitrogens is 1. The summed E-state index contributed by atoms with van der Waals surface area (Å²) < 4.78 is 0. The molecule has 1 aromatic rings. The molecule has 8 heteroatoms. The number of hydrogen-bond acceptors (Lipinski definition) is 5. The molecule has 1 aliphatic rings. The summed E-state index contributed by atoms with van der Waals surface area (Å²) in [7, 11) is 2.05. The maximum Gasteiger partial charge on any atom is 0.288 e. The topological polar surface area (TPSA) is 88.4 Å². The molecular weight excluding hydrogens is 296 g/mol. The third-order valence-corrected chi connectivity index (χ3v) is 3.85. The van der Waals surface area contributed by atoms with Gasteiger partial charge in [0.25, 0.3) is 11.6 Å². The molecule has 0 radical (unpaired) electrons. The van der Waals surface area contributed by atoms with Gasteiger partial charge in [-0.2, -0.15) is 0 Å². The lowest BCUT2D eigenvalue weighted by Gasteiger charge is -2.29. The second-order valence-electron chi connectivity index (χ2n) is 5.27. The Labute approximate surface area is 127 Å². The van der Waals surface area contributed by atoms with Crippen LogP contribution in [0.3, 0.4) is 0 Å². The molecule has 1 unspecified atom stereocenters. The van der Waals surface area contributed by atoms with Crippen molar-refractivity contribution in [2.24, 2.45) is 5.92 Å². The first-order chi connectivity index (χ1) is 9.97. The number of nitrogens with one attached hydrogen (secondary N) is 1. The van der Waals surface area contributed by atoms with E-state index in [1.807, 2.05) is 0 Å². The Kier molecular flexibility index (Phi) is 5.08. The van der Waals surface area contributed by atoms with Crippen LogP contribution in [0, 0.1) is 16.0 Å². The van der Waals surface area contributed by atoms with Gasteiger partial charge in [0.1, 0.15) is 11.3 Å². The molecule has 1 aromatic heterocycles. The quantitative estimate of drug-likeness (QED) is 0.519. The van der Waals surface area contributed by atoms with Crippen molar-refractivity contribution in [2.45, 2.75) is 12.8 Å². The minimum atomic E-state index is -0.601. The van der Waals surface area contributed by atoms with Crippen LogP contribution in [-0.4, -0.2) is 47.4 Å². The molecule has 114 valence electrons. The van der Waals surface area contributed by atoms with Crippen LogP contribution in [0.25, 0.3) is 0 Å². The zero-order valence-electron chi connectivity index (χ0n) is 11.7. The van der Waals surface area contributed by atoms with Gasteiger partial charge in [-0.25, -0.2) is 4.98 Å². The van der Waals surface area contributed by atoms with Crippen LogP contribution < -0.4 is 5.32 Å². The van der Waals surface area contributed by atoms with Crippen molar-refractivity contribution in [3.8, 4) is 0 Å². The van der Waals surface area contributed by atoms with Crippen LogP contribution in [0.4, 0.5) is 5.69 Å². The highest BCUT2D eigenvalue weighted by molar-refractivity contribution is 6.32. The Balaban J connectivity index is 1.99. The predicted molar refractivity (Wildman–Crippen MR) is 78.5 cm³/mol. The molecule has 0 bridgehead atoms. The lowest BCUT2D eigenvalue weighted by Crippen LogP contribution is -2.39. The first-order valence-corrected chi connectivity index (χ1v) is 7.12. The number of hydrogen-bond donors (Lipinski definition) is 1. The molecule has 1 atom stereocenters. The van der Waals surface area contributed by atoms with Crippen molar-refractivity contribution in [1.29, 1.82) is 0 Å². The zero-order valence-corrected chi connectivity index (χ0v) is 12.5. The molecule has 2 rings (SSSR count). The van der Waals surface area contributed by atoms with Crippen LogP contribution in [0.1, 0.15) is 23.2 Å². The first-order valence-electron chi connectivity index (χ1n) is 6.74. The maximum absolute atomic E-state index is 12.1. The number of piperidine rings is 1. The Morgan fingerprint density at radius 3 is 3.10 bits per heavy atom. The van der Waals surface area contributed by atoms with E-state index in [2.05, 4.69) is 22.2 Å². The monoisotopic (exact) mass is 312 g/mol. The van der Waals surface area contributed by atoms with Crippen molar-refractivity contribution >= 4 is 23.2 Å². The fourth-order valence-electron chi connectivity index (χ4n) is 2.47. The molecule has 0 saturated carbocycles. The van der Waals surface area contributed by atoms with Crippen molar-refractivity contribution in [3.05, 3.63) is 33.1 Å². The van der Waals surface area contributed by atoms with E-state index in [0.717, 1.165) is 38.2 Å².